The number of hydrogen-bond donors (Lipinski definition) is 0. The third-order valence-corrected chi connectivity index (χ3v) is 3.69. The summed E-state index contributed by atoms with van der Waals surface area (Å²) in [6, 6.07) is 17.2. The van der Waals surface area contributed by atoms with E-state index in [0.717, 1.165) is 11.1 Å². The van der Waals surface area contributed by atoms with E-state index in [1.807, 2.05) is 55.5 Å². The molecule has 2 unspecified atom stereocenters. The van der Waals surface area contributed by atoms with Crippen LogP contribution in [-0.2, 0) is 16.2 Å². The third-order valence-electron chi connectivity index (χ3n) is 3.56. The summed E-state index contributed by atoms with van der Waals surface area (Å²) in [4.78, 5) is 18.1. The minimum atomic E-state index is -0.561. The Morgan fingerprint density at radius 1 is 1.13 bits per heavy atom. The number of carbonyl (C=O) groups is 1. The van der Waals surface area contributed by atoms with E-state index in [1.165, 1.54) is 5.06 Å². The van der Waals surface area contributed by atoms with Crippen LogP contribution >= 0.6 is 11.6 Å². The van der Waals surface area contributed by atoms with Gasteiger partial charge >= 0.3 is 0 Å². The molecule has 23 heavy (non-hydrogen) atoms. The number of carbonyl (C=O) groups excluding carboxylic acids is 1. The molecule has 0 bridgehead atoms. The maximum absolute atomic E-state index is 12.5. The average Bonchev–Trinajstić information content (AvgIpc) is 2.84. The van der Waals surface area contributed by atoms with E-state index in [9.17, 15) is 4.79 Å². The van der Waals surface area contributed by atoms with Crippen molar-refractivity contribution in [2.75, 3.05) is 6.61 Å². The SMILES string of the molecule is CC(Cl)CON1C(=O)c2ccccc2C1OCc1ccccc1. The lowest BCUT2D eigenvalue weighted by Gasteiger charge is -2.25. The highest BCUT2D eigenvalue weighted by molar-refractivity contribution is 6.20. The van der Waals surface area contributed by atoms with Crippen LogP contribution < -0.4 is 0 Å². The topological polar surface area (TPSA) is 38.8 Å². The fraction of sp³-hybridized carbons (Fsp3) is 0.278. The number of alkyl halides is 1. The number of rotatable bonds is 6. The smallest absolute Gasteiger partial charge is 0.280 e. The van der Waals surface area contributed by atoms with Crippen molar-refractivity contribution in [1.29, 1.82) is 0 Å². The van der Waals surface area contributed by atoms with Crippen LogP contribution in [-0.4, -0.2) is 23.0 Å². The Hall–Kier alpha value is -1.88. The number of benzene rings is 2. The second-order valence-electron chi connectivity index (χ2n) is 5.44. The van der Waals surface area contributed by atoms with Crippen molar-refractivity contribution in [2.45, 2.75) is 25.1 Å². The molecular formula is C18H18ClNO3. The Labute approximate surface area is 140 Å². The molecule has 2 aromatic carbocycles. The van der Waals surface area contributed by atoms with Gasteiger partial charge in [-0.3, -0.25) is 9.63 Å². The molecule has 1 amide bonds. The second-order valence-corrected chi connectivity index (χ2v) is 6.19. The van der Waals surface area contributed by atoms with Crippen molar-refractivity contribution in [3.63, 3.8) is 0 Å². The molecule has 1 heterocycles. The summed E-state index contributed by atoms with van der Waals surface area (Å²) in [5.41, 5.74) is 2.46. The van der Waals surface area contributed by atoms with Crippen LogP contribution in [0, 0.1) is 0 Å². The van der Waals surface area contributed by atoms with Crippen molar-refractivity contribution in [3.8, 4) is 0 Å². The molecule has 0 fully saturated rings. The molecule has 2 aromatic rings. The average molecular weight is 332 g/mol. The summed E-state index contributed by atoms with van der Waals surface area (Å²) in [7, 11) is 0. The Bertz CT molecular complexity index is 675. The largest absolute Gasteiger partial charge is 0.347 e. The van der Waals surface area contributed by atoms with Crippen LogP contribution in [0.25, 0.3) is 0 Å². The third kappa shape index (κ3) is 3.55. The monoisotopic (exact) mass is 331 g/mol. The lowest BCUT2D eigenvalue weighted by atomic mass is 10.1. The maximum Gasteiger partial charge on any atom is 0.280 e. The number of fused-ring (bicyclic) bond motifs is 1. The van der Waals surface area contributed by atoms with Gasteiger partial charge in [-0.05, 0) is 18.6 Å². The zero-order chi connectivity index (χ0) is 16.2. The highest BCUT2D eigenvalue weighted by Crippen LogP contribution is 2.35. The van der Waals surface area contributed by atoms with Gasteiger partial charge in [0.1, 0.15) is 0 Å². The van der Waals surface area contributed by atoms with Crippen molar-refractivity contribution in [2.24, 2.45) is 0 Å². The van der Waals surface area contributed by atoms with Gasteiger partial charge in [0.2, 0.25) is 0 Å². The molecule has 0 saturated heterocycles. The van der Waals surface area contributed by atoms with Gasteiger partial charge in [0.05, 0.1) is 18.6 Å². The Kier molecular flexibility index (Phi) is 4.96. The summed E-state index contributed by atoms with van der Waals surface area (Å²) in [6.07, 6.45) is -0.561. The van der Waals surface area contributed by atoms with Gasteiger partial charge in [0, 0.05) is 11.1 Å². The lowest BCUT2D eigenvalue weighted by Crippen LogP contribution is -2.31. The fourth-order valence-corrected chi connectivity index (χ4v) is 2.53. The molecule has 3 rings (SSSR count). The molecule has 4 nitrogen and oxygen atoms in total. The first-order valence-corrected chi connectivity index (χ1v) is 7.95. The van der Waals surface area contributed by atoms with E-state index < -0.39 is 6.23 Å². The first-order valence-electron chi connectivity index (χ1n) is 7.52. The molecule has 1 aliphatic heterocycles. The zero-order valence-corrected chi connectivity index (χ0v) is 13.6. The minimum absolute atomic E-state index is 0.193. The second kappa shape index (κ2) is 7.13. The Morgan fingerprint density at radius 3 is 2.57 bits per heavy atom. The van der Waals surface area contributed by atoms with Gasteiger partial charge in [0.15, 0.2) is 6.23 Å². The molecular weight excluding hydrogens is 314 g/mol. The van der Waals surface area contributed by atoms with Crippen molar-refractivity contribution in [3.05, 3.63) is 71.3 Å². The van der Waals surface area contributed by atoms with Gasteiger partial charge < -0.3 is 4.74 Å². The Balaban J connectivity index is 1.79. The van der Waals surface area contributed by atoms with Gasteiger partial charge in [-0.2, -0.15) is 5.06 Å². The number of hydrogen-bond acceptors (Lipinski definition) is 3. The van der Waals surface area contributed by atoms with Crippen molar-refractivity contribution in [1.82, 2.24) is 5.06 Å². The van der Waals surface area contributed by atoms with Crippen molar-refractivity contribution >= 4 is 17.5 Å². The summed E-state index contributed by atoms with van der Waals surface area (Å²) < 4.78 is 5.97. The highest BCUT2D eigenvalue weighted by atomic mass is 35.5. The normalized spacial score (nSPS) is 18.1. The summed E-state index contributed by atoms with van der Waals surface area (Å²) in [5, 5.41) is 1.09. The highest BCUT2D eigenvalue weighted by Gasteiger charge is 2.38. The number of hydroxylamine groups is 2. The molecule has 0 radical (unpaired) electrons. The van der Waals surface area contributed by atoms with Gasteiger partial charge in [0.25, 0.3) is 5.91 Å². The molecule has 2 atom stereocenters. The molecule has 0 aliphatic carbocycles. The lowest BCUT2D eigenvalue weighted by molar-refractivity contribution is -0.219. The summed E-state index contributed by atoms with van der Waals surface area (Å²) in [6.45, 7) is 2.45. The van der Waals surface area contributed by atoms with E-state index in [2.05, 4.69) is 0 Å². The zero-order valence-electron chi connectivity index (χ0n) is 12.8. The van der Waals surface area contributed by atoms with E-state index in [0.29, 0.717) is 12.2 Å². The van der Waals surface area contributed by atoms with E-state index in [-0.39, 0.29) is 17.9 Å². The van der Waals surface area contributed by atoms with Crippen LogP contribution in [0.3, 0.4) is 0 Å². The van der Waals surface area contributed by atoms with Gasteiger partial charge in [-0.25, -0.2) is 0 Å². The van der Waals surface area contributed by atoms with Gasteiger partial charge in [-0.15, -0.1) is 11.6 Å². The standard InChI is InChI=1S/C18H18ClNO3/c1-13(19)11-23-20-17(21)15-9-5-6-10-16(15)18(20)22-12-14-7-3-2-4-8-14/h2-10,13,18H,11-12H2,1H3. The molecule has 5 heteroatoms. The van der Waals surface area contributed by atoms with Crippen LogP contribution in [0.2, 0.25) is 0 Å². The molecule has 1 aliphatic rings. The van der Waals surface area contributed by atoms with Crippen LogP contribution in [0.4, 0.5) is 0 Å². The van der Waals surface area contributed by atoms with E-state index in [4.69, 9.17) is 21.2 Å². The summed E-state index contributed by atoms with van der Waals surface area (Å²) >= 11 is 5.93. The van der Waals surface area contributed by atoms with E-state index in [1.54, 1.807) is 6.07 Å². The van der Waals surface area contributed by atoms with Crippen LogP contribution in [0.1, 0.15) is 34.6 Å². The number of nitrogens with zero attached hydrogens (tertiary/aromatic N) is 1. The van der Waals surface area contributed by atoms with Gasteiger partial charge in [-0.1, -0.05) is 48.5 Å². The number of ether oxygens (including phenoxy) is 1. The predicted molar refractivity (Wildman–Crippen MR) is 87.9 cm³/mol. The fourth-order valence-electron chi connectivity index (χ4n) is 2.47. The Morgan fingerprint density at radius 2 is 1.83 bits per heavy atom. The van der Waals surface area contributed by atoms with E-state index >= 15 is 0 Å². The maximum atomic E-state index is 12.5. The molecule has 0 N–H and O–H groups in total. The number of amides is 1. The van der Waals surface area contributed by atoms with Crippen LogP contribution in [0.5, 0.6) is 0 Å². The first-order chi connectivity index (χ1) is 11.2. The number of halogens is 1. The first kappa shape index (κ1) is 16.0. The molecule has 0 saturated carbocycles. The quantitative estimate of drug-likeness (QED) is 0.753. The van der Waals surface area contributed by atoms with Crippen molar-refractivity contribution < 1.29 is 14.4 Å². The molecule has 0 aromatic heterocycles. The molecule has 120 valence electrons. The van der Waals surface area contributed by atoms with Crippen LogP contribution in [0.15, 0.2) is 54.6 Å². The molecule has 0 spiro atoms. The minimum Gasteiger partial charge on any atom is -0.347 e. The summed E-state index contributed by atoms with van der Waals surface area (Å²) in [5.74, 6) is -0.198. The predicted octanol–water partition coefficient (Wildman–Crippen LogP) is 3.92.